The number of nitrogens with zero attached hydrogens (tertiary/aromatic N) is 6. The standard InChI is InChI=1S/C22H25FN4O.C20H21FN4O/c1-15(2)28-20-13-17(7-12-25-20)22-21(16-3-5-18(23)6-4-16)26-14-27(22)19-8-10-24-11-9-19;1-26-18-12-15(6-11-23-18)20-19(14-2-4-16(21)5-3-14)24-13-25(20)17-7-9-22-10-8-17/h3-7,12-15,19,24H,8-11H2,1-2H3;2-6,11-13,17,22H,7-10H2,1H3. The van der Waals surface area contributed by atoms with Gasteiger partial charge in [-0.3, -0.25) is 0 Å². The molecule has 4 aromatic heterocycles. The van der Waals surface area contributed by atoms with Gasteiger partial charge in [-0.1, -0.05) is 0 Å². The topological polar surface area (TPSA) is 104 Å². The molecule has 2 aliphatic rings. The maximum absolute atomic E-state index is 13.4. The highest BCUT2D eigenvalue weighted by atomic mass is 19.1. The molecule has 2 aliphatic heterocycles. The van der Waals surface area contributed by atoms with E-state index in [-0.39, 0.29) is 17.7 Å². The molecule has 0 aliphatic carbocycles. The van der Waals surface area contributed by atoms with Crippen LogP contribution in [0, 0.1) is 11.6 Å². The number of halogens is 2. The molecule has 0 spiro atoms. The molecular weight excluding hydrogens is 687 g/mol. The van der Waals surface area contributed by atoms with Crippen LogP contribution in [0.1, 0.15) is 51.6 Å². The molecule has 2 saturated heterocycles. The number of imidazole rings is 2. The Bertz CT molecular complexity index is 2120. The Morgan fingerprint density at radius 2 is 1.02 bits per heavy atom. The molecule has 2 N–H and O–H groups in total. The fourth-order valence-corrected chi connectivity index (χ4v) is 7.19. The number of rotatable bonds is 9. The first kappa shape index (κ1) is 36.9. The van der Waals surface area contributed by atoms with Crippen molar-refractivity contribution in [2.45, 2.75) is 57.7 Å². The van der Waals surface area contributed by atoms with Gasteiger partial charge in [0.05, 0.1) is 48.6 Å². The third kappa shape index (κ3) is 8.50. The molecule has 0 bridgehead atoms. The second-order valence-corrected chi connectivity index (χ2v) is 13.8. The molecule has 54 heavy (non-hydrogen) atoms. The zero-order valence-electron chi connectivity index (χ0n) is 30.9. The van der Waals surface area contributed by atoms with Crippen LogP contribution in [0.15, 0.2) is 97.8 Å². The van der Waals surface area contributed by atoms with Crippen LogP contribution in [0.5, 0.6) is 11.8 Å². The average molecular weight is 733 g/mol. The smallest absolute Gasteiger partial charge is 0.214 e. The Morgan fingerprint density at radius 3 is 1.44 bits per heavy atom. The molecular formula is C42H46F2N8O2. The van der Waals surface area contributed by atoms with E-state index in [1.807, 2.05) is 50.8 Å². The highest BCUT2D eigenvalue weighted by Crippen LogP contribution is 2.38. The lowest BCUT2D eigenvalue weighted by molar-refractivity contribution is 0.233. The van der Waals surface area contributed by atoms with Gasteiger partial charge in [-0.25, -0.2) is 28.7 Å². The maximum atomic E-state index is 13.4. The van der Waals surface area contributed by atoms with Crippen LogP contribution in [0.25, 0.3) is 45.0 Å². The second kappa shape index (κ2) is 17.1. The number of nitrogens with one attached hydrogen (secondary N) is 2. The van der Waals surface area contributed by atoms with Gasteiger partial charge in [0.25, 0.3) is 0 Å². The molecule has 2 aromatic carbocycles. The Kier molecular flexibility index (Phi) is 11.7. The number of ether oxygens (including phenoxy) is 2. The largest absolute Gasteiger partial charge is 0.481 e. The molecule has 8 rings (SSSR count). The molecule has 0 atom stereocenters. The van der Waals surface area contributed by atoms with E-state index in [9.17, 15) is 8.78 Å². The normalized spacial score (nSPS) is 15.1. The number of hydrogen-bond acceptors (Lipinski definition) is 8. The summed E-state index contributed by atoms with van der Waals surface area (Å²) in [6.07, 6.45) is 11.6. The first-order chi connectivity index (χ1) is 26.4. The predicted molar refractivity (Wildman–Crippen MR) is 206 cm³/mol. The summed E-state index contributed by atoms with van der Waals surface area (Å²) in [5, 5.41) is 6.81. The maximum Gasteiger partial charge on any atom is 0.214 e. The SMILES string of the molecule is CC(C)Oc1cc(-c2c(-c3ccc(F)cc3)ncn2C2CCNCC2)ccn1.COc1cc(-c2c(-c3ccc(F)cc3)ncn2C2CCNCC2)ccn1. The Balaban J connectivity index is 0.000000167. The molecule has 0 unspecified atom stereocenters. The number of piperidine rings is 2. The lowest BCUT2D eigenvalue weighted by atomic mass is 10.0. The fraction of sp³-hybridized carbons (Fsp3) is 0.333. The van der Waals surface area contributed by atoms with Gasteiger partial charge in [-0.05, 0) is 126 Å². The number of hydrogen-bond donors (Lipinski definition) is 2. The second-order valence-electron chi connectivity index (χ2n) is 13.8. The van der Waals surface area contributed by atoms with E-state index in [1.165, 1.54) is 24.3 Å². The van der Waals surface area contributed by atoms with Gasteiger partial charge < -0.3 is 29.2 Å². The molecule has 280 valence electrons. The van der Waals surface area contributed by atoms with Crippen LogP contribution >= 0.6 is 0 Å². The third-order valence-corrected chi connectivity index (χ3v) is 9.81. The highest BCUT2D eigenvalue weighted by Gasteiger charge is 2.24. The minimum absolute atomic E-state index is 0.0497. The minimum atomic E-state index is -0.251. The van der Waals surface area contributed by atoms with Gasteiger partial charge >= 0.3 is 0 Å². The average Bonchev–Trinajstić information content (AvgIpc) is 3.86. The van der Waals surface area contributed by atoms with E-state index in [0.717, 1.165) is 96.9 Å². The van der Waals surface area contributed by atoms with Crippen molar-refractivity contribution in [1.29, 1.82) is 0 Å². The van der Waals surface area contributed by atoms with Gasteiger partial charge in [0.1, 0.15) is 11.6 Å². The summed E-state index contributed by atoms with van der Waals surface area (Å²) in [5.41, 5.74) is 7.51. The first-order valence-electron chi connectivity index (χ1n) is 18.6. The number of benzene rings is 2. The Labute approximate surface area is 314 Å². The zero-order valence-corrected chi connectivity index (χ0v) is 30.9. The van der Waals surface area contributed by atoms with Gasteiger partial charge in [0.2, 0.25) is 11.8 Å². The third-order valence-electron chi connectivity index (χ3n) is 9.81. The number of aromatic nitrogens is 6. The number of methoxy groups -OCH3 is 1. The van der Waals surface area contributed by atoms with Crippen LogP contribution in [0.2, 0.25) is 0 Å². The summed E-state index contributed by atoms with van der Waals surface area (Å²) in [6.45, 7) is 7.94. The lowest BCUT2D eigenvalue weighted by Gasteiger charge is -2.26. The van der Waals surface area contributed by atoms with Crippen molar-refractivity contribution in [3.05, 3.63) is 109 Å². The van der Waals surface area contributed by atoms with E-state index in [4.69, 9.17) is 14.5 Å². The van der Waals surface area contributed by atoms with E-state index < -0.39 is 0 Å². The van der Waals surface area contributed by atoms with Crippen molar-refractivity contribution in [3.8, 4) is 56.8 Å². The molecule has 6 aromatic rings. The molecule has 10 nitrogen and oxygen atoms in total. The Morgan fingerprint density at radius 1 is 0.593 bits per heavy atom. The van der Waals surface area contributed by atoms with Gasteiger partial charge in [-0.2, -0.15) is 0 Å². The Hall–Kier alpha value is -5.46. The first-order valence-corrected chi connectivity index (χ1v) is 18.6. The molecule has 2 fully saturated rings. The van der Waals surface area contributed by atoms with E-state index in [0.29, 0.717) is 23.8 Å². The quantitative estimate of drug-likeness (QED) is 0.154. The number of pyridine rings is 2. The van der Waals surface area contributed by atoms with E-state index >= 15 is 0 Å². The highest BCUT2D eigenvalue weighted by molar-refractivity contribution is 5.80. The van der Waals surface area contributed by atoms with Gasteiger partial charge in [0, 0.05) is 58.9 Å². The van der Waals surface area contributed by atoms with Crippen molar-refractivity contribution < 1.29 is 18.3 Å². The summed E-state index contributed by atoms with van der Waals surface area (Å²) < 4.78 is 42.4. The van der Waals surface area contributed by atoms with Crippen LogP contribution in [-0.4, -0.2) is 68.5 Å². The van der Waals surface area contributed by atoms with Crippen LogP contribution in [-0.2, 0) is 0 Å². The fourth-order valence-electron chi connectivity index (χ4n) is 7.19. The summed E-state index contributed by atoms with van der Waals surface area (Å²) in [7, 11) is 1.61. The summed E-state index contributed by atoms with van der Waals surface area (Å²) in [5.74, 6) is 0.652. The summed E-state index contributed by atoms with van der Waals surface area (Å²) in [4.78, 5) is 17.9. The molecule has 0 radical (unpaired) electrons. The van der Waals surface area contributed by atoms with E-state index in [2.05, 4.69) is 34.7 Å². The van der Waals surface area contributed by atoms with E-state index in [1.54, 1.807) is 43.8 Å². The van der Waals surface area contributed by atoms with Crippen LogP contribution in [0.4, 0.5) is 8.78 Å². The molecule has 0 amide bonds. The zero-order chi connectivity index (χ0) is 37.4. The van der Waals surface area contributed by atoms with Crippen LogP contribution < -0.4 is 20.1 Å². The molecule has 6 heterocycles. The van der Waals surface area contributed by atoms with Gasteiger partial charge in [-0.15, -0.1) is 0 Å². The van der Waals surface area contributed by atoms with Gasteiger partial charge in [0.15, 0.2) is 0 Å². The van der Waals surface area contributed by atoms with Crippen molar-refractivity contribution in [2.24, 2.45) is 0 Å². The summed E-state index contributed by atoms with van der Waals surface area (Å²) >= 11 is 0. The minimum Gasteiger partial charge on any atom is -0.481 e. The summed E-state index contributed by atoms with van der Waals surface area (Å²) in [6, 6.07) is 21.6. The van der Waals surface area contributed by atoms with Crippen molar-refractivity contribution in [1.82, 2.24) is 39.7 Å². The molecule has 0 saturated carbocycles. The van der Waals surface area contributed by atoms with Crippen molar-refractivity contribution in [3.63, 3.8) is 0 Å². The van der Waals surface area contributed by atoms with Crippen LogP contribution in [0.3, 0.4) is 0 Å². The van der Waals surface area contributed by atoms with Crippen molar-refractivity contribution in [2.75, 3.05) is 33.3 Å². The monoisotopic (exact) mass is 732 g/mol. The predicted octanol–water partition coefficient (Wildman–Crippen LogP) is 8.15. The van der Waals surface area contributed by atoms with Crippen molar-refractivity contribution >= 4 is 0 Å². The molecule has 12 heteroatoms. The lowest BCUT2D eigenvalue weighted by Crippen LogP contribution is -2.29.